The molecule has 146 valence electrons. The summed E-state index contributed by atoms with van der Waals surface area (Å²) in [5, 5.41) is 27.9. The van der Waals surface area contributed by atoms with Crippen molar-refractivity contribution in [3.05, 3.63) is 11.6 Å². The second-order valence-electron chi connectivity index (χ2n) is 6.61. The Bertz CT molecular complexity index is 594. The first kappa shape index (κ1) is 21.7. The van der Waals surface area contributed by atoms with Gasteiger partial charge >= 0.3 is 23.9 Å². The maximum Gasteiger partial charge on any atom is 0.311 e. The lowest BCUT2D eigenvalue weighted by atomic mass is 9.68. The molecule has 0 spiro atoms. The fourth-order valence-corrected chi connectivity index (χ4v) is 3.29. The van der Waals surface area contributed by atoms with Crippen molar-refractivity contribution < 1.29 is 39.2 Å². The van der Waals surface area contributed by atoms with Crippen LogP contribution in [-0.4, -0.2) is 45.3 Å². The number of carboxylic acid groups (broad SMARTS) is 3. The van der Waals surface area contributed by atoms with Crippen molar-refractivity contribution in [2.75, 3.05) is 0 Å². The van der Waals surface area contributed by atoms with Gasteiger partial charge in [0.05, 0.1) is 30.3 Å². The predicted octanol–water partition coefficient (Wildman–Crippen LogP) is 2.18. The van der Waals surface area contributed by atoms with Gasteiger partial charge in [0.15, 0.2) is 0 Å². The predicted molar refractivity (Wildman–Crippen MR) is 90.3 cm³/mol. The molecule has 8 nitrogen and oxygen atoms in total. The number of carbonyl (C=O) groups excluding carboxylic acids is 1. The molecular weight excluding hydrogens is 344 g/mol. The third-order valence-corrected chi connectivity index (χ3v) is 4.90. The Kier molecular flexibility index (Phi) is 7.79. The highest BCUT2D eigenvalue weighted by Gasteiger charge is 2.44. The fourth-order valence-electron chi connectivity index (χ4n) is 3.29. The maximum absolute atomic E-state index is 12.5. The lowest BCUT2D eigenvalue weighted by molar-refractivity contribution is -0.160. The molecule has 3 N–H and O–H groups in total. The van der Waals surface area contributed by atoms with Gasteiger partial charge in [-0.15, -0.1) is 0 Å². The quantitative estimate of drug-likeness (QED) is 0.415. The molecule has 26 heavy (non-hydrogen) atoms. The smallest absolute Gasteiger partial charge is 0.311 e. The molecule has 0 fully saturated rings. The molecule has 0 amide bonds. The monoisotopic (exact) mass is 370 g/mol. The maximum atomic E-state index is 12.5. The van der Waals surface area contributed by atoms with Gasteiger partial charge in [0.2, 0.25) is 0 Å². The van der Waals surface area contributed by atoms with Gasteiger partial charge in [-0.3, -0.25) is 19.2 Å². The number of hydrogen-bond donors (Lipinski definition) is 3. The Balaban J connectivity index is 3.26. The Labute approximate surface area is 151 Å². The molecule has 0 bridgehead atoms. The molecule has 0 radical (unpaired) electrons. The average Bonchev–Trinajstić information content (AvgIpc) is 2.57. The minimum atomic E-state index is -1.28. The Morgan fingerprint density at radius 3 is 2.19 bits per heavy atom. The molecule has 1 rings (SSSR count). The Morgan fingerprint density at radius 2 is 1.77 bits per heavy atom. The molecule has 0 aliphatic heterocycles. The molecule has 5 unspecified atom stereocenters. The first-order valence-electron chi connectivity index (χ1n) is 8.70. The standard InChI is InChI=1S/C18H26O8/c1-4-9(3)26-18(25)14(8-15(19)20)11-7-13(17(23)24)12(16(21)22)6-10(11)5-2/h6,9,11-14H,4-5,7-8H2,1-3H3,(H,19,20)(H,21,22)(H,23,24). The second-order valence-corrected chi connectivity index (χ2v) is 6.61. The van der Waals surface area contributed by atoms with Gasteiger partial charge in [-0.1, -0.05) is 25.5 Å². The molecule has 0 aromatic carbocycles. The highest BCUT2D eigenvalue weighted by molar-refractivity contribution is 5.83. The van der Waals surface area contributed by atoms with Crippen molar-refractivity contribution in [2.45, 2.75) is 52.6 Å². The van der Waals surface area contributed by atoms with Gasteiger partial charge in [-0.25, -0.2) is 0 Å². The molecule has 0 heterocycles. The number of ether oxygens (including phenoxy) is 1. The molecular formula is C18H26O8. The number of esters is 1. The molecule has 1 aliphatic rings. The van der Waals surface area contributed by atoms with Gasteiger partial charge in [0, 0.05) is 0 Å². The minimum Gasteiger partial charge on any atom is -0.481 e. The van der Waals surface area contributed by atoms with Crippen LogP contribution in [0.25, 0.3) is 0 Å². The van der Waals surface area contributed by atoms with Crippen LogP contribution in [0.1, 0.15) is 46.5 Å². The molecule has 8 heteroatoms. The van der Waals surface area contributed by atoms with E-state index in [9.17, 15) is 34.5 Å². The Hall–Kier alpha value is -2.38. The normalized spacial score (nSPS) is 24.9. The number of rotatable bonds is 9. The second kappa shape index (κ2) is 9.35. The van der Waals surface area contributed by atoms with E-state index in [1.807, 2.05) is 6.92 Å². The van der Waals surface area contributed by atoms with Crippen molar-refractivity contribution in [2.24, 2.45) is 23.7 Å². The summed E-state index contributed by atoms with van der Waals surface area (Å²) in [7, 11) is 0. The van der Waals surface area contributed by atoms with E-state index in [0.29, 0.717) is 18.4 Å². The van der Waals surface area contributed by atoms with Crippen molar-refractivity contribution in [1.82, 2.24) is 0 Å². The fraction of sp³-hybridized carbons (Fsp3) is 0.667. The van der Waals surface area contributed by atoms with E-state index in [1.54, 1.807) is 13.8 Å². The number of aliphatic carboxylic acids is 3. The lowest BCUT2D eigenvalue weighted by Gasteiger charge is -2.35. The molecule has 5 atom stereocenters. The van der Waals surface area contributed by atoms with E-state index < -0.39 is 60.1 Å². The number of hydrogen-bond acceptors (Lipinski definition) is 5. The summed E-state index contributed by atoms with van der Waals surface area (Å²) in [6, 6.07) is 0. The van der Waals surface area contributed by atoms with Crippen LogP contribution >= 0.6 is 0 Å². The van der Waals surface area contributed by atoms with Crippen LogP contribution in [0.15, 0.2) is 11.6 Å². The van der Waals surface area contributed by atoms with Crippen LogP contribution < -0.4 is 0 Å². The highest BCUT2D eigenvalue weighted by atomic mass is 16.5. The average molecular weight is 370 g/mol. The number of carbonyl (C=O) groups is 4. The zero-order valence-corrected chi connectivity index (χ0v) is 15.2. The van der Waals surface area contributed by atoms with E-state index in [0.717, 1.165) is 0 Å². The lowest BCUT2D eigenvalue weighted by Crippen LogP contribution is -2.40. The number of allylic oxidation sites excluding steroid dienone is 1. The summed E-state index contributed by atoms with van der Waals surface area (Å²) < 4.78 is 5.29. The van der Waals surface area contributed by atoms with E-state index in [1.165, 1.54) is 6.08 Å². The van der Waals surface area contributed by atoms with Crippen molar-refractivity contribution in [3.63, 3.8) is 0 Å². The zero-order valence-electron chi connectivity index (χ0n) is 15.2. The topological polar surface area (TPSA) is 138 Å². The van der Waals surface area contributed by atoms with Crippen LogP contribution in [-0.2, 0) is 23.9 Å². The van der Waals surface area contributed by atoms with Gasteiger partial charge in [0.1, 0.15) is 0 Å². The third kappa shape index (κ3) is 5.31. The molecule has 1 aliphatic carbocycles. The summed E-state index contributed by atoms with van der Waals surface area (Å²) in [5.74, 6) is -8.57. The minimum absolute atomic E-state index is 0.112. The van der Waals surface area contributed by atoms with Crippen molar-refractivity contribution in [3.8, 4) is 0 Å². The van der Waals surface area contributed by atoms with Crippen LogP contribution in [0.4, 0.5) is 0 Å². The molecule has 0 saturated heterocycles. The van der Waals surface area contributed by atoms with E-state index in [-0.39, 0.29) is 6.42 Å². The van der Waals surface area contributed by atoms with Crippen molar-refractivity contribution in [1.29, 1.82) is 0 Å². The van der Waals surface area contributed by atoms with Crippen LogP contribution in [0, 0.1) is 23.7 Å². The van der Waals surface area contributed by atoms with Gasteiger partial charge in [0.25, 0.3) is 0 Å². The van der Waals surface area contributed by atoms with E-state index in [2.05, 4.69) is 0 Å². The summed E-state index contributed by atoms with van der Waals surface area (Å²) in [5.41, 5.74) is 0.585. The van der Waals surface area contributed by atoms with Crippen LogP contribution in [0.3, 0.4) is 0 Å². The first-order valence-corrected chi connectivity index (χ1v) is 8.70. The summed E-state index contributed by atoms with van der Waals surface area (Å²) in [6.07, 6.45) is 1.32. The first-order chi connectivity index (χ1) is 12.1. The largest absolute Gasteiger partial charge is 0.481 e. The van der Waals surface area contributed by atoms with Crippen LogP contribution in [0.5, 0.6) is 0 Å². The summed E-state index contributed by atoms with van der Waals surface area (Å²) in [4.78, 5) is 46.7. The van der Waals surface area contributed by atoms with E-state index in [4.69, 9.17) is 4.74 Å². The third-order valence-electron chi connectivity index (χ3n) is 4.90. The number of carboxylic acids is 3. The molecule has 0 saturated carbocycles. The zero-order chi connectivity index (χ0) is 20.0. The molecule has 0 aromatic rings. The SMILES string of the molecule is CCC1=CC(C(=O)O)C(C(=O)O)CC1C(CC(=O)O)C(=O)OC(C)CC. The van der Waals surface area contributed by atoms with Crippen molar-refractivity contribution >= 4 is 23.9 Å². The summed E-state index contributed by atoms with van der Waals surface area (Å²) in [6.45, 7) is 5.27. The van der Waals surface area contributed by atoms with Gasteiger partial charge < -0.3 is 20.1 Å². The van der Waals surface area contributed by atoms with E-state index >= 15 is 0 Å². The molecule has 0 aromatic heterocycles. The van der Waals surface area contributed by atoms with Gasteiger partial charge in [-0.2, -0.15) is 0 Å². The highest BCUT2D eigenvalue weighted by Crippen LogP contribution is 2.41. The van der Waals surface area contributed by atoms with Gasteiger partial charge in [-0.05, 0) is 32.1 Å². The van der Waals surface area contributed by atoms with Crippen LogP contribution in [0.2, 0.25) is 0 Å². The Morgan fingerprint density at radius 1 is 1.15 bits per heavy atom. The summed E-state index contributed by atoms with van der Waals surface area (Å²) >= 11 is 0.